The van der Waals surface area contributed by atoms with Crippen molar-refractivity contribution in [3.8, 4) is 0 Å². The highest BCUT2D eigenvalue weighted by molar-refractivity contribution is 5.15. The molecule has 0 bridgehead atoms. The van der Waals surface area contributed by atoms with Gasteiger partial charge in [-0.05, 0) is 12.8 Å². The van der Waals surface area contributed by atoms with Crippen LogP contribution in [0.4, 0.5) is 0 Å². The zero-order chi connectivity index (χ0) is 24.4. The van der Waals surface area contributed by atoms with Crippen LogP contribution in [0.3, 0.4) is 0 Å². The van der Waals surface area contributed by atoms with E-state index in [0.29, 0.717) is 6.10 Å². The number of ether oxygens (including phenoxy) is 1. The molecule has 0 aliphatic carbocycles. The second-order valence-electron chi connectivity index (χ2n) is 11.1. The van der Waals surface area contributed by atoms with Crippen molar-refractivity contribution >= 4 is 0 Å². The van der Waals surface area contributed by atoms with Gasteiger partial charge in [0.25, 0.3) is 0 Å². The zero-order valence-electron chi connectivity index (χ0n) is 23.0. The van der Waals surface area contributed by atoms with E-state index >= 15 is 0 Å². The van der Waals surface area contributed by atoms with Gasteiger partial charge in [-0.15, -0.1) is 0 Å². The Morgan fingerprint density at radius 2 is 1.00 bits per heavy atom. The van der Waals surface area contributed by atoms with Crippen LogP contribution in [0.5, 0.6) is 0 Å². The minimum atomic E-state index is 0. The van der Waals surface area contributed by atoms with Crippen molar-refractivity contribution in [2.24, 2.45) is 0 Å². The highest BCUT2D eigenvalue weighted by Crippen LogP contribution is 2.26. The number of benzene rings is 2. The van der Waals surface area contributed by atoms with Gasteiger partial charge in [-0.1, -0.05) is 145 Å². The number of hydrogen-bond donors (Lipinski definition) is 0. The maximum Gasteiger partial charge on any atom is 0.130 e. The molecule has 1 fully saturated rings. The van der Waals surface area contributed by atoms with E-state index in [2.05, 4.69) is 67.6 Å². The lowest BCUT2D eigenvalue weighted by Crippen LogP contribution is -3.00. The van der Waals surface area contributed by atoms with Gasteiger partial charge in [-0.25, -0.2) is 0 Å². The van der Waals surface area contributed by atoms with Crippen LogP contribution in [0.2, 0.25) is 0 Å². The minimum absolute atomic E-state index is 0. The van der Waals surface area contributed by atoms with Gasteiger partial charge >= 0.3 is 0 Å². The number of hydrogen-bond acceptors (Lipinski definition) is 1. The van der Waals surface area contributed by atoms with Crippen LogP contribution in [-0.2, 0) is 17.8 Å². The van der Waals surface area contributed by atoms with Gasteiger partial charge in [0.2, 0.25) is 0 Å². The Bertz CT molecular complexity index is 720. The number of epoxide rings is 1. The summed E-state index contributed by atoms with van der Waals surface area (Å²) in [6, 6.07) is 22.2. The molecular weight excluding hydrogens is 462 g/mol. The molecule has 3 rings (SSSR count). The zero-order valence-corrected chi connectivity index (χ0v) is 23.8. The van der Waals surface area contributed by atoms with E-state index in [-0.39, 0.29) is 12.4 Å². The van der Waals surface area contributed by atoms with Crippen molar-refractivity contribution < 1.29 is 21.6 Å². The molecule has 2 aromatic rings. The highest BCUT2D eigenvalue weighted by atomic mass is 35.5. The van der Waals surface area contributed by atoms with E-state index in [0.717, 1.165) is 30.7 Å². The molecule has 0 amide bonds. The smallest absolute Gasteiger partial charge is 0.130 e. The summed E-state index contributed by atoms with van der Waals surface area (Å²) in [6.07, 6.45) is 20.3. The van der Waals surface area contributed by atoms with E-state index in [1.54, 1.807) is 0 Å². The first-order chi connectivity index (χ1) is 17.3. The van der Waals surface area contributed by atoms with Gasteiger partial charge in [0, 0.05) is 11.1 Å². The van der Waals surface area contributed by atoms with Crippen molar-refractivity contribution in [2.45, 2.75) is 116 Å². The summed E-state index contributed by atoms with van der Waals surface area (Å²) in [5.41, 5.74) is 2.91. The highest BCUT2D eigenvalue weighted by Gasteiger charge is 2.37. The average Bonchev–Trinajstić information content (AvgIpc) is 3.69. The summed E-state index contributed by atoms with van der Waals surface area (Å²) in [4.78, 5) is 0. The van der Waals surface area contributed by atoms with E-state index in [4.69, 9.17) is 4.74 Å². The van der Waals surface area contributed by atoms with Crippen LogP contribution >= 0.6 is 0 Å². The van der Waals surface area contributed by atoms with Crippen LogP contribution in [-0.4, -0.2) is 30.3 Å². The summed E-state index contributed by atoms with van der Waals surface area (Å²) < 4.78 is 6.87. The maximum absolute atomic E-state index is 5.75. The molecule has 1 aliphatic heterocycles. The maximum atomic E-state index is 5.75. The largest absolute Gasteiger partial charge is 1.00 e. The molecule has 0 aromatic heterocycles. The third-order valence-corrected chi connectivity index (χ3v) is 7.70. The van der Waals surface area contributed by atoms with Gasteiger partial charge in [0.1, 0.15) is 25.7 Å². The van der Waals surface area contributed by atoms with Crippen molar-refractivity contribution in [1.82, 2.24) is 0 Å². The number of quaternary nitrogens is 1. The van der Waals surface area contributed by atoms with E-state index in [9.17, 15) is 0 Å². The van der Waals surface area contributed by atoms with Gasteiger partial charge in [-0.2, -0.15) is 0 Å². The molecule has 0 N–H and O–H groups in total. The molecule has 3 heteroatoms. The van der Waals surface area contributed by atoms with Crippen LogP contribution in [0.1, 0.15) is 108 Å². The predicted molar refractivity (Wildman–Crippen MR) is 150 cm³/mol. The van der Waals surface area contributed by atoms with Gasteiger partial charge in [-0.3, -0.25) is 0 Å². The second-order valence-corrected chi connectivity index (χ2v) is 11.1. The van der Waals surface area contributed by atoms with Crippen molar-refractivity contribution in [3.05, 3.63) is 71.8 Å². The molecule has 1 unspecified atom stereocenters. The fraction of sp³-hybridized carbons (Fsp3) is 0.636. The van der Waals surface area contributed by atoms with Crippen molar-refractivity contribution in [2.75, 3.05) is 19.7 Å². The lowest BCUT2D eigenvalue weighted by Gasteiger charge is -2.39. The third-order valence-electron chi connectivity index (χ3n) is 7.70. The Hall–Kier alpha value is -1.35. The Morgan fingerprint density at radius 3 is 1.39 bits per heavy atom. The topological polar surface area (TPSA) is 12.5 Å². The minimum Gasteiger partial charge on any atom is -1.00 e. The van der Waals surface area contributed by atoms with Gasteiger partial charge in [0.15, 0.2) is 0 Å². The summed E-state index contributed by atoms with van der Waals surface area (Å²) in [5.74, 6) is 0. The van der Waals surface area contributed by atoms with Crippen molar-refractivity contribution in [3.63, 3.8) is 0 Å². The summed E-state index contributed by atoms with van der Waals surface area (Å²) >= 11 is 0. The molecule has 1 atom stereocenters. The summed E-state index contributed by atoms with van der Waals surface area (Å²) in [6.45, 7) is 7.85. The van der Waals surface area contributed by atoms with Crippen LogP contribution < -0.4 is 12.4 Å². The molecule has 36 heavy (non-hydrogen) atoms. The summed E-state index contributed by atoms with van der Waals surface area (Å²) in [5, 5.41) is 0. The fourth-order valence-electron chi connectivity index (χ4n) is 5.62. The molecule has 1 saturated heterocycles. The molecule has 0 saturated carbocycles. The van der Waals surface area contributed by atoms with E-state index in [1.807, 2.05) is 0 Å². The molecule has 1 heterocycles. The van der Waals surface area contributed by atoms with Crippen molar-refractivity contribution in [1.29, 1.82) is 0 Å². The number of nitrogens with zero attached hydrogens (tertiary/aromatic N) is 1. The average molecular weight is 514 g/mol. The first-order valence-corrected chi connectivity index (χ1v) is 14.8. The molecule has 2 aromatic carbocycles. The molecule has 2 nitrogen and oxygen atoms in total. The Labute approximate surface area is 228 Å². The Morgan fingerprint density at radius 1 is 0.611 bits per heavy atom. The van der Waals surface area contributed by atoms with Gasteiger partial charge < -0.3 is 21.6 Å². The Balaban J connectivity index is 0.00000456. The molecular formula is C33H52ClNO. The monoisotopic (exact) mass is 513 g/mol. The van der Waals surface area contributed by atoms with Crippen LogP contribution in [0.15, 0.2) is 60.7 Å². The Kier molecular flexibility index (Phi) is 16.1. The third kappa shape index (κ3) is 13.3. The number of halogens is 1. The van der Waals surface area contributed by atoms with Crippen LogP contribution in [0.25, 0.3) is 0 Å². The summed E-state index contributed by atoms with van der Waals surface area (Å²) in [7, 11) is 0. The number of rotatable bonds is 21. The quantitative estimate of drug-likeness (QED) is 0.112. The SMILES string of the molecule is CCCCCCCCCCCCCCCC[N+](Cc1ccccc1)(Cc1ccccc1)CC1CO1.[Cl-]. The first kappa shape index (κ1) is 30.9. The normalized spacial score (nSPS) is 15.0. The number of unbranched alkanes of at least 4 members (excludes halogenated alkanes) is 13. The lowest BCUT2D eigenvalue weighted by atomic mass is 10.0. The lowest BCUT2D eigenvalue weighted by molar-refractivity contribution is -0.954. The second kappa shape index (κ2) is 18.8. The predicted octanol–water partition coefficient (Wildman–Crippen LogP) is 6.09. The standard InChI is InChI=1S/C33H52NO.ClH/c1-2-3-4-5-6-7-8-9-10-11-12-13-14-21-26-34(29-33-30-35-33,27-31-22-17-15-18-23-31)28-32-24-19-16-20-25-32;/h15-20,22-25,33H,2-14,21,26-30H2,1H3;1H/q+1;/p-1. The van der Waals surface area contributed by atoms with Crippen LogP contribution in [0, 0.1) is 0 Å². The molecule has 0 spiro atoms. The van der Waals surface area contributed by atoms with E-state index in [1.165, 1.54) is 108 Å². The molecule has 0 radical (unpaired) electrons. The van der Waals surface area contributed by atoms with E-state index < -0.39 is 0 Å². The van der Waals surface area contributed by atoms with Gasteiger partial charge in [0.05, 0.1) is 13.2 Å². The molecule has 202 valence electrons. The fourth-order valence-corrected chi connectivity index (χ4v) is 5.62. The molecule has 1 aliphatic rings. The first-order valence-electron chi connectivity index (χ1n) is 14.8.